The highest BCUT2D eigenvalue weighted by Gasteiger charge is 1.96. The number of hydrogen-bond donors (Lipinski definition) is 1. The molecule has 2 N–H and O–H groups in total. The normalized spacial score (nSPS) is 9.28. The van der Waals surface area contributed by atoms with Crippen molar-refractivity contribution in [2.75, 3.05) is 7.05 Å². The molecule has 0 amide bonds. The van der Waals surface area contributed by atoms with Gasteiger partial charge in [-0.15, -0.1) is 0 Å². The molecular formula is C16H21NO. The molecule has 2 nitrogen and oxygen atoms in total. The molecule has 0 saturated carbocycles. The van der Waals surface area contributed by atoms with E-state index in [2.05, 4.69) is 36.9 Å². The molecule has 2 aromatic carbocycles. The molecule has 0 aliphatic carbocycles. The van der Waals surface area contributed by atoms with E-state index >= 15 is 0 Å². The molecule has 2 heteroatoms. The molecule has 0 spiro atoms. The summed E-state index contributed by atoms with van der Waals surface area (Å²) in [7, 11) is 1.50. The van der Waals surface area contributed by atoms with Crippen LogP contribution in [0.5, 0.6) is 5.75 Å². The summed E-state index contributed by atoms with van der Waals surface area (Å²) in [5.41, 5.74) is 7.01. The lowest BCUT2D eigenvalue weighted by Gasteiger charge is -2.07. The molecule has 0 heterocycles. The van der Waals surface area contributed by atoms with E-state index in [4.69, 9.17) is 4.74 Å². The van der Waals surface area contributed by atoms with Crippen LogP contribution in [0, 0.1) is 0 Å². The summed E-state index contributed by atoms with van der Waals surface area (Å²) in [5.74, 6) is 0.947. The molecule has 96 valence electrons. The maximum atomic E-state index is 5.73. The zero-order valence-electron chi connectivity index (χ0n) is 11.1. The van der Waals surface area contributed by atoms with E-state index in [0.717, 1.165) is 12.2 Å². The molecule has 0 bridgehead atoms. The molecule has 0 fully saturated rings. The molecule has 0 aliphatic rings. The quantitative estimate of drug-likeness (QED) is 0.893. The third-order valence-electron chi connectivity index (χ3n) is 2.56. The van der Waals surface area contributed by atoms with Crippen LogP contribution >= 0.6 is 0 Å². The number of benzene rings is 2. The number of hydrogen-bond acceptors (Lipinski definition) is 2. The van der Waals surface area contributed by atoms with Crippen molar-refractivity contribution in [1.29, 1.82) is 0 Å². The number of rotatable bonds is 4. The molecule has 0 radical (unpaired) electrons. The third kappa shape index (κ3) is 4.60. The zero-order valence-corrected chi connectivity index (χ0v) is 11.1. The molecule has 2 rings (SSSR count). The highest BCUT2D eigenvalue weighted by atomic mass is 16.5. The minimum Gasteiger partial charge on any atom is -0.489 e. The van der Waals surface area contributed by atoms with Gasteiger partial charge in [0.15, 0.2) is 0 Å². The van der Waals surface area contributed by atoms with Gasteiger partial charge in [0.25, 0.3) is 0 Å². The number of ether oxygens (including phenoxy) is 1. The lowest BCUT2D eigenvalue weighted by molar-refractivity contribution is 0.306. The smallest absolute Gasteiger partial charge is 0.120 e. The SMILES string of the molecule is CCc1cccc(OCc2ccccc2)c1.CN. The second-order valence-corrected chi connectivity index (χ2v) is 3.78. The molecule has 18 heavy (non-hydrogen) atoms. The summed E-state index contributed by atoms with van der Waals surface area (Å²) in [6.45, 7) is 2.78. The average molecular weight is 243 g/mol. The van der Waals surface area contributed by atoms with Gasteiger partial charge in [0.1, 0.15) is 12.4 Å². The second-order valence-electron chi connectivity index (χ2n) is 3.78. The summed E-state index contributed by atoms with van der Waals surface area (Å²) >= 11 is 0. The van der Waals surface area contributed by atoms with Gasteiger partial charge in [-0.1, -0.05) is 49.4 Å². The van der Waals surface area contributed by atoms with Crippen LogP contribution in [-0.2, 0) is 13.0 Å². The van der Waals surface area contributed by atoms with E-state index in [1.165, 1.54) is 18.2 Å². The Kier molecular flexibility index (Phi) is 6.59. The van der Waals surface area contributed by atoms with Crippen LogP contribution in [-0.4, -0.2) is 7.05 Å². The lowest BCUT2D eigenvalue weighted by atomic mass is 10.2. The van der Waals surface area contributed by atoms with Gasteiger partial charge < -0.3 is 10.5 Å². The van der Waals surface area contributed by atoms with Gasteiger partial charge in [0, 0.05) is 0 Å². The van der Waals surface area contributed by atoms with E-state index < -0.39 is 0 Å². The van der Waals surface area contributed by atoms with Crippen molar-refractivity contribution < 1.29 is 4.74 Å². The van der Waals surface area contributed by atoms with E-state index in [1.807, 2.05) is 30.3 Å². The van der Waals surface area contributed by atoms with Crippen molar-refractivity contribution >= 4 is 0 Å². The number of aryl methyl sites for hydroxylation is 1. The minimum atomic E-state index is 0.633. The van der Waals surface area contributed by atoms with Gasteiger partial charge in [0.2, 0.25) is 0 Å². The van der Waals surface area contributed by atoms with Crippen LogP contribution < -0.4 is 10.5 Å². The molecule has 2 aromatic rings. The van der Waals surface area contributed by atoms with Gasteiger partial charge in [-0.05, 0) is 36.7 Å². The standard InChI is InChI=1S/C15H16O.CH5N/c1-2-13-9-6-10-15(11-13)16-12-14-7-4-3-5-8-14;1-2/h3-11H,2,12H2,1H3;2H2,1H3. The Morgan fingerprint density at radius 2 is 1.56 bits per heavy atom. The fourth-order valence-electron chi connectivity index (χ4n) is 1.60. The van der Waals surface area contributed by atoms with Crippen LogP contribution in [0.2, 0.25) is 0 Å². The summed E-state index contributed by atoms with van der Waals surface area (Å²) in [4.78, 5) is 0. The average Bonchev–Trinajstić information content (AvgIpc) is 2.48. The summed E-state index contributed by atoms with van der Waals surface area (Å²) in [6.07, 6.45) is 1.04. The zero-order chi connectivity index (χ0) is 13.2. The summed E-state index contributed by atoms with van der Waals surface area (Å²) in [6, 6.07) is 18.5. The maximum Gasteiger partial charge on any atom is 0.120 e. The Hall–Kier alpha value is -1.80. The van der Waals surface area contributed by atoms with Crippen LogP contribution in [0.25, 0.3) is 0 Å². The highest BCUT2D eigenvalue weighted by molar-refractivity contribution is 5.28. The van der Waals surface area contributed by atoms with Crippen molar-refractivity contribution in [3.05, 3.63) is 65.7 Å². The first-order valence-electron chi connectivity index (χ1n) is 6.22. The Balaban J connectivity index is 0.000000771. The molecule has 0 aliphatic heterocycles. The number of nitrogens with two attached hydrogens (primary N) is 1. The van der Waals surface area contributed by atoms with E-state index in [9.17, 15) is 0 Å². The maximum absolute atomic E-state index is 5.73. The van der Waals surface area contributed by atoms with Gasteiger partial charge in [-0.25, -0.2) is 0 Å². The van der Waals surface area contributed by atoms with Crippen LogP contribution in [0.15, 0.2) is 54.6 Å². The fourth-order valence-corrected chi connectivity index (χ4v) is 1.60. The fraction of sp³-hybridized carbons (Fsp3) is 0.250. The third-order valence-corrected chi connectivity index (χ3v) is 2.56. The Morgan fingerprint density at radius 3 is 2.22 bits per heavy atom. The first-order valence-corrected chi connectivity index (χ1v) is 6.22. The first kappa shape index (κ1) is 14.3. The van der Waals surface area contributed by atoms with Crippen molar-refractivity contribution in [3.63, 3.8) is 0 Å². The molecule has 0 aromatic heterocycles. The van der Waals surface area contributed by atoms with Crippen molar-refractivity contribution in [2.24, 2.45) is 5.73 Å². The predicted octanol–water partition coefficient (Wildman–Crippen LogP) is 3.40. The first-order chi connectivity index (χ1) is 8.88. The van der Waals surface area contributed by atoms with Crippen molar-refractivity contribution in [3.8, 4) is 5.75 Å². The Labute approximate surface area is 109 Å². The molecule has 0 atom stereocenters. The van der Waals surface area contributed by atoms with Crippen LogP contribution in [0.4, 0.5) is 0 Å². The minimum absolute atomic E-state index is 0.633. The Morgan fingerprint density at radius 1 is 0.889 bits per heavy atom. The van der Waals surface area contributed by atoms with E-state index in [0.29, 0.717) is 6.61 Å². The van der Waals surface area contributed by atoms with E-state index in [-0.39, 0.29) is 0 Å². The molecule has 0 unspecified atom stereocenters. The predicted molar refractivity (Wildman–Crippen MR) is 76.7 cm³/mol. The highest BCUT2D eigenvalue weighted by Crippen LogP contribution is 2.15. The topological polar surface area (TPSA) is 35.2 Å². The Bertz CT molecular complexity index is 440. The lowest BCUT2D eigenvalue weighted by Crippen LogP contribution is -1.95. The van der Waals surface area contributed by atoms with E-state index in [1.54, 1.807) is 0 Å². The van der Waals surface area contributed by atoms with Crippen molar-refractivity contribution in [2.45, 2.75) is 20.0 Å². The second kappa shape index (κ2) is 8.31. The van der Waals surface area contributed by atoms with Crippen molar-refractivity contribution in [1.82, 2.24) is 0 Å². The van der Waals surface area contributed by atoms with Crippen LogP contribution in [0.1, 0.15) is 18.1 Å². The summed E-state index contributed by atoms with van der Waals surface area (Å²) < 4.78 is 5.73. The van der Waals surface area contributed by atoms with Gasteiger partial charge in [0.05, 0.1) is 0 Å². The van der Waals surface area contributed by atoms with Gasteiger partial charge in [-0.2, -0.15) is 0 Å². The van der Waals surface area contributed by atoms with Crippen LogP contribution in [0.3, 0.4) is 0 Å². The largest absolute Gasteiger partial charge is 0.489 e. The molecular weight excluding hydrogens is 222 g/mol. The van der Waals surface area contributed by atoms with Gasteiger partial charge in [-0.3, -0.25) is 0 Å². The monoisotopic (exact) mass is 243 g/mol. The summed E-state index contributed by atoms with van der Waals surface area (Å²) in [5, 5.41) is 0. The molecule has 0 saturated heterocycles. The van der Waals surface area contributed by atoms with Gasteiger partial charge >= 0.3 is 0 Å².